The van der Waals surface area contributed by atoms with Gasteiger partial charge in [-0.25, -0.2) is 9.37 Å². The van der Waals surface area contributed by atoms with E-state index in [-0.39, 0.29) is 16.5 Å². The minimum Gasteiger partial charge on any atom is -0.330 e. The van der Waals surface area contributed by atoms with Crippen molar-refractivity contribution >= 4 is 28.5 Å². The van der Waals surface area contributed by atoms with Crippen molar-refractivity contribution in [2.75, 3.05) is 19.6 Å². The number of carbonyl (C=O) groups excluding carboxylic acids is 1. The molecule has 34 heavy (non-hydrogen) atoms. The summed E-state index contributed by atoms with van der Waals surface area (Å²) in [6, 6.07) is 14.1. The lowest BCUT2D eigenvalue weighted by Gasteiger charge is -2.42. The van der Waals surface area contributed by atoms with Gasteiger partial charge in [0, 0.05) is 43.0 Å². The van der Waals surface area contributed by atoms with Crippen LogP contribution in [0.3, 0.4) is 0 Å². The van der Waals surface area contributed by atoms with Crippen LogP contribution in [0.15, 0.2) is 60.9 Å². The molecule has 6 nitrogen and oxygen atoms in total. The van der Waals surface area contributed by atoms with Crippen LogP contribution in [0, 0.1) is 5.82 Å². The third-order valence-corrected chi connectivity index (χ3v) is 6.58. The van der Waals surface area contributed by atoms with Crippen molar-refractivity contribution in [1.29, 1.82) is 0 Å². The summed E-state index contributed by atoms with van der Waals surface area (Å²) >= 11 is 5.90. The van der Waals surface area contributed by atoms with Crippen LogP contribution in [0.5, 0.6) is 0 Å². The van der Waals surface area contributed by atoms with Gasteiger partial charge in [0.05, 0.1) is 22.8 Å². The van der Waals surface area contributed by atoms with Crippen LogP contribution in [0.1, 0.15) is 30.0 Å². The average Bonchev–Trinajstić information content (AvgIpc) is 3.18. The summed E-state index contributed by atoms with van der Waals surface area (Å²) in [4.78, 5) is 24.5. The van der Waals surface area contributed by atoms with Crippen molar-refractivity contribution in [2.45, 2.75) is 25.9 Å². The minimum atomic E-state index is -0.481. The average molecular weight is 478 g/mol. The molecule has 3 aromatic heterocycles. The minimum absolute atomic E-state index is 0.0746. The van der Waals surface area contributed by atoms with E-state index >= 15 is 0 Å². The molecule has 0 unspecified atom stereocenters. The number of benzene rings is 1. The van der Waals surface area contributed by atoms with Crippen LogP contribution < -0.4 is 5.32 Å². The molecule has 0 bridgehead atoms. The van der Waals surface area contributed by atoms with Crippen LogP contribution in [0.2, 0.25) is 5.02 Å². The van der Waals surface area contributed by atoms with E-state index in [9.17, 15) is 9.18 Å². The molecular weight excluding hydrogens is 453 g/mol. The van der Waals surface area contributed by atoms with Crippen molar-refractivity contribution in [2.24, 2.45) is 0 Å². The first-order chi connectivity index (χ1) is 16.3. The number of aromatic nitrogens is 3. The highest BCUT2D eigenvalue weighted by Crippen LogP contribution is 2.33. The summed E-state index contributed by atoms with van der Waals surface area (Å²) in [5, 5.41) is 4.24. The maximum absolute atomic E-state index is 14.2. The second kappa shape index (κ2) is 8.81. The summed E-state index contributed by atoms with van der Waals surface area (Å²) in [7, 11) is 0. The number of carbonyl (C=O) groups is 1. The highest BCUT2D eigenvalue weighted by molar-refractivity contribution is 6.30. The molecule has 174 valence electrons. The zero-order chi connectivity index (χ0) is 23.9. The monoisotopic (exact) mass is 477 g/mol. The fraction of sp³-hybridized carbons (Fsp3) is 0.269. The fourth-order valence-electron chi connectivity index (χ4n) is 4.46. The molecule has 1 aromatic carbocycles. The predicted octanol–water partition coefficient (Wildman–Crippen LogP) is 4.76. The zero-order valence-corrected chi connectivity index (χ0v) is 19.8. The topological polar surface area (TPSA) is 63.1 Å². The summed E-state index contributed by atoms with van der Waals surface area (Å²) < 4.78 is 16.2. The molecule has 0 atom stereocenters. The number of hydrogen-bond acceptors (Lipinski definition) is 4. The first-order valence-corrected chi connectivity index (χ1v) is 11.6. The maximum atomic E-state index is 14.2. The van der Waals surface area contributed by atoms with Gasteiger partial charge in [-0.1, -0.05) is 23.7 Å². The van der Waals surface area contributed by atoms with Crippen molar-refractivity contribution < 1.29 is 9.18 Å². The van der Waals surface area contributed by atoms with Gasteiger partial charge in [-0.15, -0.1) is 0 Å². The molecule has 0 radical (unpaired) electrons. The largest absolute Gasteiger partial charge is 0.330 e. The molecule has 1 fully saturated rings. The van der Waals surface area contributed by atoms with Crippen molar-refractivity contribution in [3.8, 4) is 11.1 Å². The molecule has 4 aromatic rings. The van der Waals surface area contributed by atoms with Gasteiger partial charge in [0.15, 0.2) is 0 Å². The summed E-state index contributed by atoms with van der Waals surface area (Å²) in [5.41, 5.74) is 3.08. The first-order valence-electron chi connectivity index (χ1n) is 11.2. The number of amides is 1. The van der Waals surface area contributed by atoms with Gasteiger partial charge in [0.2, 0.25) is 0 Å². The molecule has 1 aliphatic rings. The second-order valence-electron chi connectivity index (χ2n) is 9.13. The third-order valence-electron chi connectivity index (χ3n) is 6.28. The molecule has 1 N–H and O–H groups in total. The number of halogens is 2. The Morgan fingerprint density at radius 2 is 2.06 bits per heavy atom. The van der Waals surface area contributed by atoms with Gasteiger partial charge in [0.1, 0.15) is 17.2 Å². The number of piperazine rings is 1. The number of pyridine rings is 2. The van der Waals surface area contributed by atoms with Gasteiger partial charge >= 0.3 is 0 Å². The Balaban J connectivity index is 1.62. The second-order valence-corrected chi connectivity index (χ2v) is 9.54. The van der Waals surface area contributed by atoms with E-state index in [0.29, 0.717) is 30.0 Å². The van der Waals surface area contributed by atoms with Gasteiger partial charge < -0.3 is 14.8 Å². The summed E-state index contributed by atoms with van der Waals surface area (Å²) in [6.45, 7) is 6.66. The number of nitrogens with one attached hydrogen (secondary N) is 1. The van der Waals surface area contributed by atoms with E-state index in [1.54, 1.807) is 24.4 Å². The molecule has 0 spiro atoms. The van der Waals surface area contributed by atoms with Crippen LogP contribution in [0.4, 0.5) is 4.39 Å². The van der Waals surface area contributed by atoms with Gasteiger partial charge in [-0.05, 0) is 55.8 Å². The van der Waals surface area contributed by atoms with E-state index < -0.39 is 5.82 Å². The fourth-order valence-corrected chi connectivity index (χ4v) is 4.58. The van der Waals surface area contributed by atoms with Crippen LogP contribution in [-0.4, -0.2) is 50.5 Å². The Hall–Kier alpha value is -3.29. The number of fused-ring (bicyclic) bond motifs is 1. The normalized spacial score (nSPS) is 15.6. The Morgan fingerprint density at radius 3 is 2.79 bits per heavy atom. The summed E-state index contributed by atoms with van der Waals surface area (Å²) in [5.74, 6) is -0.580. The highest BCUT2D eigenvalue weighted by Gasteiger charge is 2.34. The molecular formula is C26H25ClFN5O. The molecule has 8 heteroatoms. The lowest BCUT2D eigenvalue weighted by atomic mass is 9.99. The standard InChI is InChI=1S/C26H25ClFN5O/c1-26(2)16-29-11-12-33(26)25(34)23-9-7-19-20(17-6-8-21(27)22(28)13-17)15-32(24(19)31-23)14-18-5-3-4-10-30-18/h3-10,13,15,29H,11-12,14,16H2,1-2H3. The Kier molecular flexibility index (Phi) is 5.83. The Labute approximate surface area is 202 Å². The molecule has 1 aliphatic heterocycles. The van der Waals surface area contributed by atoms with E-state index in [0.717, 1.165) is 29.7 Å². The van der Waals surface area contributed by atoms with Gasteiger partial charge in [-0.3, -0.25) is 9.78 Å². The van der Waals surface area contributed by atoms with E-state index in [1.807, 2.05) is 53.8 Å². The third kappa shape index (κ3) is 4.17. The highest BCUT2D eigenvalue weighted by atomic mass is 35.5. The summed E-state index contributed by atoms with van der Waals surface area (Å²) in [6.07, 6.45) is 3.67. The predicted molar refractivity (Wildman–Crippen MR) is 131 cm³/mol. The van der Waals surface area contributed by atoms with Crippen molar-refractivity contribution in [1.82, 2.24) is 24.8 Å². The maximum Gasteiger partial charge on any atom is 0.273 e. The number of hydrogen-bond donors (Lipinski definition) is 1. The molecule has 1 amide bonds. The molecule has 0 aliphatic carbocycles. The molecule has 0 saturated carbocycles. The van der Waals surface area contributed by atoms with Crippen LogP contribution >= 0.6 is 11.6 Å². The van der Waals surface area contributed by atoms with Gasteiger partial charge in [-0.2, -0.15) is 0 Å². The van der Waals surface area contributed by atoms with Crippen LogP contribution in [-0.2, 0) is 6.54 Å². The molecule has 5 rings (SSSR count). The Morgan fingerprint density at radius 1 is 1.21 bits per heavy atom. The smallest absolute Gasteiger partial charge is 0.273 e. The van der Waals surface area contributed by atoms with Crippen LogP contribution in [0.25, 0.3) is 22.2 Å². The zero-order valence-electron chi connectivity index (χ0n) is 19.1. The number of nitrogens with zero attached hydrogens (tertiary/aromatic N) is 4. The molecule has 1 saturated heterocycles. The van der Waals surface area contributed by atoms with E-state index in [4.69, 9.17) is 16.6 Å². The van der Waals surface area contributed by atoms with Crippen molar-refractivity contribution in [3.05, 3.63) is 83.2 Å². The lowest BCUT2D eigenvalue weighted by Crippen LogP contribution is -2.59. The van der Waals surface area contributed by atoms with E-state index in [1.165, 1.54) is 6.07 Å². The van der Waals surface area contributed by atoms with Crippen molar-refractivity contribution in [3.63, 3.8) is 0 Å². The van der Waals surface area contributed by atoms with E-state index in [2.05, 4.69) is 10.3 Å². The van der Waals surface area contributed by atoms with Gasteiger partial charge in [0.25, 0.3) is 5.91 Å². The Bertz CT molecular complexity index is 1370. The quantitative estimate of drug-likeness (QED) is 0.460. The first kappa shape index (κ1) is 22.5. The number of rotatable bonds is 4. The SMILES string of the molecule is CC1(C)CNCCN1C(=O)c1ccc2c(-c3ccc(Cl)c(F)c3)cn(Cc3ccccn3)c2n1. The lowest BCUT2D eigenvalue weighted by molar-refractivity contribution is 0.0472. The molecule has 4 heterocycles.